The molecule has 0 aromatic carbocycles. The molecule has 1 amide bonds. The van der Waals surface area contributed by atoms with Crippen molar-refractivity contribution < 1.29 is 9.63 Å². The lowest BCUT2D eigenvalue weighted by Crippen LogP contribution is -2.35. The number of amides is 1. The van der Waals surface area contributed by atoms with Crippen LogP contribution in [0.5, 0.6) is 0 Å². The molecule has 65 valence electrons. The van der Waals surface area contributed by atoms with Gasteiger partial charge in [0.05, 0.1) is 0 Å². The van der Waals surface area contributed by atoms with Crippen LogP contribution in [0.1, 0.15) is 27.7 Å². The van der Waals surface area contributed by atoms with E-state index in [-0.39, 0.29) is 11.3 Å². The van der Waals surface area contributed by atoms with E-state index in [4.69, 9.17) is 4.84 Å². The predicted molar refractivity (Wildman–Crippen MR) is 43.3 cm³/mol. The van der Waals surface area contributed by atoms with Crippen LogP contribution in [0.3, 0.4) is 0 Å². The zero-order valence-electron chi connectivity index (χ0n) is 7.84. The molecule has 0 aromatic heterocycles. The Hall–Kier alpha value is -0.570. The quantitative estimate of drug-likeness (QED) is 0.571. The van der Waals surface area contributed by atoms with Crippen LogP contribution in [-0.2, 0) is 9.63 Å². The Bertz CT molecular complexity index is 138. The minimum atomic E-state index is -0.377. The summed E-state index contributed by atoms with van der Waals surface area (Å²) in [6, 6.07) is 0. The fraction of sp³-hybridized carbons (Fsp3) is 0.750. The number of hydroxylamine groups is 2. The van der Waals surface area contributed by atoms with Gasteiger partial charge in [0.1, 0.15) is 6.61 Å². The number of hydrogen-bond donors (Lipinski definition) is 0. The topological polar surface area (TPSA) is 29.5 Å². The van der Waals surface area contributed by atoms with Gasteiger partial charge >= 0.3 is 0 Å². The number of carbonyl (C=O) groups is 1. The molecule has 0 fully saturated rings. The van der Waals surface area contributed by atoms with Crippen LogP contribution in [-0.4, -0.2) is 18.0 Å². The van der Waals surface area contributed by atoms with E-state index >= 15 is 0 Å². The summed E-state index contributed by atoms with van der Waals surface area (Å²) < 4.78 is 0. The summed E-state index contributed by atoms with van der Waals surface area (Å²) in [6.45, 7) is 8.76. The van der Waals surface area contributed by atoms with Gasteiger partial charge in [-0.15, -0.1) is 0 Å². The molecule has 0 saturated carbocycles. The van der Waals surface area contributed by atoms with Gasteiger partial charge in [0.15, 0.2) is 0 Å². The second-order valence-electron chi connectivity index (χ2n) is 3.39. The van der Waals surface area contributed by atoms with Crippen LogP contribution in [0.25, 0.3) is 0 Å². The highest BCUT2D eigenvalue weighted by atomic mass is 16.7. The van der Waals surface area contributed by atoms with E-state index in [9.17, 15) is 4.79 Å². The van der Waals surface area contributed by atoms with Gasteiger partial charge in [0, 0.05) is 12.5 Å². The van der Waals surface area contributed by atoms with Crippen LogP contribution in [0.4, 0.5) is 0 Å². The first-order valence-corrected chi connectivity index (χ1v) is 3.62. The summed E-state index contributed by atoms with van der Waals surface area (Å²) in [5.74, 6) is -0.0319. The van der Waals surface area contributed by atoms with Crippen molar-refractivity contribution >= 4 is 5.91 Å². The lowest BCUT2D eigenvalue weighted by atomic mass is 9.96. The van der Waals surface area contributed by atoms with E-state index in [0.717, 1.165) is 0 Å². The first-order valence-electron chi connectivity index (χ1n) is 3.62. The van der Waals surface area contributed by atoms with E-state index in [1.807, 2.05) is 20.8 Å². The van der Waals surface area contributed by atoms with Crippen molar-refractivity contribution in [2.24, 2.45) is 5.41 Å². The standard InChI is InChI=1S/C8H16NO2/c1-6-11-9(5)7(10)8(2,3)4/h6H,1-5H3. The maximum absolute atomic E-state index is 11.3. The maximum atomic E-state index is 11.3. The third-order valence-electron chi connectivity index (χ3n) is 1.19. The molecule has 0 saturated heterocycles. The third-order valence-corrected chi connectivity index (χ3v) is 1.19. The molecule has 0 spiro atoms. The average Bonchev–Trinajstić information content (AvgIpc) is 1.85. The Labute approximate surface area is 68.3 Å². The second kappa shape index (κ2) is 3.72. The van der Waals surface area contributed by atoms with Gasteiger partial charge in [-0.25, -0.2) is 5.06 Å². The highest BCUT2D eigenvalue weighted by Gasteiger charge is 2.25. The molecule has 11 heavy (non-hydrogen) atoms. The second-order valence-corrected chi connectivity index (χ2v) is 3.39. The van der Waals surface area contributed by atoms with Gasteiger partial charge in [-0.1, -0.05) is 20.8 Å². The van der Waals surface area contributed by atoms with Crippen LogP contribution in [0.2, 0.25) is 0 Å². The molecule has 0 aliphatic rings. The number of nitrogens with zero attached hydrogens (tertiary/aromatic N) is 1. The Morgan fingerprint density at radius 1 is 1.45 bits per heavy atom. The van der Waals surface area contributed by atoms with Crippen molar-refractivity contribution in [1.82, 2.24) is 5.06 Å². The molecule has 0 aliphatic heterocycles. The van der Waals surface area contributed by atoms with Gasteiger partial charge in [-0.05, 0) is 6.92 Å². The van der Waals surface area contributed by atoms with E-state index < -0.39 is 0 Å². The third kappa shape index (κ3) is 3.37. The van der Waals surface area contributed by atoms with E-state index in [0.29, 0.717) is 0 Å². The summed E-state index contributed by atoms with van der Waals surface area (Å²) in [5.41, 5.74) is -0.377. The monoisotopic (exact) mass is 158 g/mol. The highest BCUT2D eigenvalue weighted by Crippen LogP contribution is 2.16. The van der Waals surface area contributed by atoms with Crippen LogP contribution >= 0.6 is 0 Å². The highest BCUT2D eigenvalue weighted by molar-refractivity contribution is 5.80. The maximum Gasteiger partial charge on any atom is 0.251 e. The molecule has 1 radical (unpaired) electrons. The van der Waals surface area contributed by atoms with Gasteiger partial charge < -0.3 is 0 Å². The Morgan fingerprint density at radius 3 is 2.18 bits per heavy atom. The molecule has 0 rings (SSSR count). The molecule has 3 heteroatoms. The van der Waals surface area contributed by atoms with Crippen molar-refractivity contribution in [3.8, 4) is 0 Å². The number of carbonyl (C=O) groups excluding carboxylic acids is 1. The average molecular weight is 158 g/mol. The minimum Gasteiger partial charge on any atom is -0.272 e. The molecule has 3 nitrogen and oxygen atoms in total. The molecule has 0 N–H and O–H groups in total. The van der Waals surface area contributed by atoms with E-state index in [2.05, 4.69) is 0 Å². The van der Waals surface area contributed by atoms with Crippen molar-refractivity contribution in [3.05, 3.63) is 6.61 Å². The zero-order chi connectivity index (χ0) is 9.07. The summed E-state index contributed by atoms with van der Waals surface area (Å²) in [5, 5.41) is 1.24. The Morgan fingerprint density at radius 2 is 1.91 bits per heavy atom. The van der Waals surface area contributed by atoms with Crippen LogP contribution in [0, 0.1) is 12.0 Å². The molecule has 0 heterocycles. The van der Waals surface area contributed by atoms with Gasteiger partial charge in [-0.2, -0.15) is 0 Å². The minimum absolute atomic E-state index is 0.0319. The summed E-state index contributed by atoms with van der Waals surface area (Å²) >= 11 is 0. The van der Waals surface area contributed by atoms with Crippen molar-refractivity contribution in [3.63, 3.8) is 0 Å². The Balaban J connectivity index is 4.03. The normalized spacial score (nSPS) is 11.4. The van der Waals surface area contributed by atoms with E-state index in [1.165, 1.54) is 11.7 Å². The Kier molecular flexibility index (Phi) is 3.52. The summed E-state index contributed by atoms with van der Waals surface area (Å²) in [7, 11) is 1.60. The van der Waals surface area contributed by atoms with Gasteiger partial charge in [0.25, 0.3) is 5.91 Å². The zero-order valence-corrected chi connectivity index (χ0v) is 7.84. The largest absolute Gasteiger partial charge is 0.272 e. The first kappa shape index (κ1) is 10.4. The van der Waals surface area contributed by atoms with Crippen molar-refractivity contribution in [2.75, 3.05) is 7.05 Å². The lowest BCUT2D eigenvalue weighted by molar-refractivity contribution is -0.175. The molecule has 0 atom stereocenters. The first-order chi connectivity index (χ1) is 4.89. The SMILES string of the molecule is C[CH]ON(C)C(=O)C(C)(C)C. The number of hydrogen-bond acceptors (Lipinski definition) is 2. The number of rotatable bonds is 2. The molecule has 0 unspecified atom stereocenters. The van der Waals surface area contributed by atoms with Crippen LogP contribution in [0.15, 0.2) is 0 Å². The fourth-order valence-corrected chi connectivity index (χ4v) is 0.678. The molecular weight excluding hydrogens is 142 g/mol. The fourth-order valence-electron chi connectivity index (χ4n) is 0.678. The van der Waals surface area contributed by atoms with Crippen LogP contribution < -0.4 is 0 Å². The van der Waals surface area contributed by atoms with Crippen molar-refractivity contribution in [1.29, 1.82) is 0 Å². The lowest BCUT2D eigenvalue weighted by Gasteiger charge is -2.24. The van der Waals surface area contributed by atoms with Gasteiger partial charge in [-0.3, -0.25) is 9.63 Å². The molecule has 0 bridgehead atoms. The molecule has 0 aromatic rings. The van der Waals surface area contributed by atoms with Gasteiger partial charge in [0.2, 0.25) is 0 Å². The molecule has 0 aliphatic carbocycles. The molecular formula is C8H16NO2. The van der Waals surface area contributed by atoms with E-state index in [1.54, 1.807) is 14.0 Å². The summed E-state index contributed by atoms with van der Waals surface area (Å²) in [4.78, 5) is 16.2. The smallest absolute Gasteiger partial charge is 0.251 e. The summed E-state index contributed by atoms with van der Waals surface area (Å²) in [6.07, 6.45) is 0. The van der Waals surface area contributed by atoms with Crippen molar-refractivity contribution in [2.45, 2.75) is 27.7 Å². The predicted octanol–water partition coefficient (Wildman–Crippen LogP) is 1.60.